The van der Waals surface area contributed by atoms with Crippen molar-refractivity contribution >= 4 is 37.5 Å². The van der Waals surface area contributed by atoms with Crippen LogP contribution in [0, 0.1) is 11.6 Å². The van der Waals surface area contributed by atoms with E-state index in [1.54, 1.807) is 24.3 Å². The summed E-state index contributed by atoms with van der Waals surface area (Å²) in [6.45, 7) is -0.179. The molecule has 2 rings (SSSR count). The van der Waals surface area contributed by atoms with Crippen LogP contribution in [0.15, 0.2) is 51.8 Å². The molecule has 0 bridgehead atoms. The first-order chi connectivity index (χ1) is 11.3. The van der Waals surface area contributed by atoms with Gasteiger partial charge in [-0.15, -0.1) is 0 Å². The minimum Gasteiger partial charge on any atom is -0.326 e. The van der Waals surface area contributed by atoms with Crippen LogP contribution in [-0.2, 0) is 14.8 Å². The van der Waals surface area contributed by atoms with Gasteiger partial charge in [0, 0.05) is 23.1 Å². The highest BCUT2D eigenvalue weighted by molar-refractivity contribution is 9.10. The lowest BCUT2D eigenvalue weighted by atomic mass is 10.3. The number of halogens is 3. The molecule has 0 spiro atoms. The van der Waals surface area contributed by atoms with Crippen LogP contribution in [-0.4, -0.2) is 20.9 Å². The Balaban J connectivity index is 1.90. The SMILES string of the molecule is O=C(CCNS(=O)(=O)c1ccc(F)c(F)c1)Nc1cccc(Br)c1. The summed E-state index contributed by atoms with van der Waals surface area (Å²) in [7, 11) is -4.02. The number of sulfonamides is 1. The van der Waals surface area contributed by atoms with Gasteiger partial charge in [-0.05, 0) is 36.4 Å². The maximum absolute atomic E-state index is 13.1. The van der Waals surface area contributed by atoms with Crippen molar-refractivity contribution < 1.29 is 22.0 Å². The van der Waals surface area contributed by atoms with Crippen molar-refractivity contribution in [3.63, 3.8) is 0 Å². The van der Waals surface area contributed by atoms with Gasteiger partial charge in [-0.3, -0.25) is 4.79 Å². The highest BCUT2D eigenvalue weighted by Crippen LogP contribution is 2.16. The fourth-order valence-corrected chi connectivity index (χ4v) is 3.26. The van der Waals surface area contributed by atoms with Gasteiger partial charge in [0.25, 0.3) is 0 Å². The zero-order chi connectivity index (χ0) is 17.7. The van der Waals surface area contributed by atoms with Crippen molar-refractivity contribution in [1.82, 2.24) is 4.72 Å². The number of carbonyl (C=O) groups excluding carboxylic acids is 1. The van der Waals surface area contributed by atoms with Crippen LogP contribution >= 0.6 is 15.9 Å². The number of amides is 1. The van der Waals surface area contributed by atoms with Crippen LogP contribution in [0.25, 0.3) is 0 Å². The van der Waals surface area contributed by atoms with Gasteiger partial charge in [0.2, 0.25) is 15.9 Å². The Kier molecular flexibility index (Phi) is 6.03. The van der Waals surface area contributed by atoms with E-state index in [4.69, 9.17) is 0 Å². The molecule has 9 heteroatoms. The second-order valence-electron chi connectivity index (χ2n) is 4.78. The van der Waals surface area contributed by atoms with E-state index in [0.717, 1.165) is 16.6 Å². The quantitative estimate of drug-likeness (QED) is 0.756. The van der Waals surface area contributed by atoms with Gasteiger partial charge in [0.05, 0.1) is 4.90 Å². The lowest BCUT2D eigenvalue weighted by Crippen LogP contribution is -2.28. The Hall–Kier alpha value is -1.84. The van der Waals surface area contributed by atoms with Crippen LogP contribution in [0.3, 0.4) is 0 Å². The molecular formula is C15H13BrF2N2O3S. The molecule has 0 aromatic heterocycles. The summed E-state index contributed by atoms with van der Waals surface area (Å²) >= 11 is 3.27. The Bertz CT molecular complexity index is 860. The summed E-state index contributed by atoms with van der Waals surface area (Å²) in [6, 6.07) is 9.18. The molecule has 0 saturated carbocycles. The van der Waals surface area contributed by atoms with Crippen molar-refractivity contribution in [2.24, 2.45) is 0 Å². The molecule has 24 heavy (non-hydrogen) atoms. The third-order valence-electron chi connectivity index (χ3n) is 2.95. The average Bonchev–Trinajstić information content (AvgIpc) is 2.49. The van der Waals surface area contributed by atoms with E-state index in [-0.39, 0.29) is 18.9 Å². The van der Waals surface area contributed by atoms with E-state index in [0.29, 0.717) is 11.8 Å². The molecule has 128 valence electrons. The van der Waals surface area contributed by atoms with E-state index in [2.05, 4.69) is 26.0 Å². The standard InChI is InChI=1S/C15H13BrF2N2O3S/c16-10-2-1-3-11(8-10)20-15(21)6-7-19-24(22,23)12-4-5-13(17)14(18)9-12/h1-5,8-9,19H,6-7H2,(H,20,21). The molecule has 0 radical (unpaired) electrons. The Labute approximate surface area is 146 Å². The largest absolute Gasteiger partial charge is 0.326 e. The Morgan fingerprint density at radius 1 is 1.08 bits per heavy atom. The number of rotatable bonds is 6. The van der Waals surface area contributed by atoms with Crippen molar-refractivity contribution in [2.45, 2.75) is 11.3 Å². The second kappa shape index (κ2) is 7.82. The number of hydrogen-bond acceptors (Lipinski definition) is 3. The molecule has 2 N–H and O–H groups in total. The zero-order valence-electron chi connectivity index (χ0n) is 12.2. The summed E-state index contributed by atoms with van der Waals surface area (Å²) in [5.41, 5.74) is 0.567. The number of benzene rings is 2. The molecule has 0 aliphatic carbocycles. The summed E-state index contributed by atoms with van der Waals surface area (Å²) in [5.74, 6) is -2.78. The molecule has 0 aliphatic heterocycles. The summed E-state index contributed by atoms with van der Waals surface area (Å²) in [5, 5.41) is 2.61. The molecular weight excluding hydrogens is 406 g/mol. The van der Waals surface area contributed by atoms with Gasteiger partial charge in [-0.2, -0.15) is 0 Å². The fraction of sp³-hybridized carbons (Fsp3) is 0.133. The molecule has 0 atom stereocenters. The molecule has 0 heterocycles. The maximum atomic E-state index is 13.1. The van der Waals surface area contributed by atoms with Crippen LogP contribution in [0.1, 0.15) is 6.42 Å². The summed E-state index contributed by atoms with van der Waals surface area (Å²) in [4.78, 5) is 11.4. The lowest BCUT2D eigenvalue weighted by Gasteiger charge is -2.08. The van der Waals surface area contributed by atoms with Crippen LogP contribution in [0.5, 0.6) is 0 Å². The van der Waals surface area contributed by atoms with Crippen molar-refractivity contribution in [3.05, 3.63) is 58.6 Å². The van der Waals surface area contributed by atoms with Gasteiger partial charge in [0.15, 0.2) is 11.6 Å². The van der Waals surface area contributed by atoms with Gasteiger partial charge < -0.3 is 5.32 Å². The van der Waals surface area contributed by atoms with E-state index in [9.17, 15) is 22.0 Å². The van der Waals surface area contributed by atoms with E-state index >= 15 is 0 Å². The van der Waals surface area contributed by atoms with E-state index in [1.165, 1.54) is 0 Å². The monoisotopic (exact) mass is 418 g/mol. The highest BCUT2D eigenvalue weighted by Gasteiger charge is 2.16. The van der Waals surface area contributed by atoms with Gasteiger partial charge >= 0.3 is 0 Å². The zero-order valence-corrected chi connectivity index (χ0v) is 14.6. The van der Waals surface area contributed by atoms with Crippen molar-refractivity contribution in [1.29, 1.82) is 0 Å². The van der Waals surface area contributed by atoms with Crippen LogP contribution in [0.4, 0.5) is 14.5 Å². The smallest absolute Gasteiger partial charge is 0.240 e. The van der Waals surface area contributed by atoms with Crippen molar-refractivity contribution in [2.75, 3.05) is 11.9 Å². The molecule has 5 nitrogen and oxygen atoms in total. The molecule has 0 unspecified atom stereocenters. The highest BCUT2D eigenvalue weighted by atomic mass is 79.9. The first-order valence-electron chi connectivity index (χ1n) is 6.78. The van der Waals surface area contributed by atoms with Crippen molar-refractivity contribution in [3.8, 4) is 0 Å². The molecule has 2 aromatic rings. The minimum absolute atomic E-state index is 0.116. The Morgan fingerprint density at radius 2 is 1.83 bits per heavy atom. The number of nitrogens with one attached hydrogen (secondary N) is 2. The predicted molar refractivity (Wildman–Crippen MR) is 88.9 cm³/mol. The first-order valence-corrected chi connectivity index (χ1v) is 9.06. The second-order valence-corrected chi connectivity index (χ2v) is 7.46. The van der Waals surface area contributed by atoms with E-state index in [1.807, 2.05) is 0 Å². The molecule has 2 aromatic carbocycles. The number of anilines is 1. The van der Waals surface area contributed by atoms with Gasteiger partial charge in [0.1, 0.15) is 0 Å². The topological polar surface area (TPSA) is 75.3 Å². The van der Waals surface area contributed by atoms with Gasteiger partial charge in [-0.1, -0.05) is 22.0 Å². The summed E-state index contributed by atoms with van der Waals surface area (Å²) < 4.78 is 52.8. The molecule has 1 amide bonds. The number of carbonyl (C=O) groups is 1. The molecule has 0 saturated heterocycles. The fourth-order valence-electron chi connectivity index (χ4n) is 1.82. The lowest BCUT2D eigenvalue weighted by molar-refractivity contribution is -0.116. The first kappa shape index (κ1) is 18.5. The molecule has 0 fully saturated rings. The Morgan fingerprint density at radius 3 is 2.50 bits per heavy atom. The van der Waals surface area contributed by atoms with Crippen LogP contribution < -0.4 is 10.0 Å². The third-order valence-corrected chi connectivity index (χ3v) is 4.91. The average molecular weight is 419 g/mol. The molecule has 0 aliphatic rings. The summed E-state index contributed by atoms with van der Waals surface area (Å²) in [6.07, 6.45) is -0.116. The normalized spacial score (nSPS) is 11.3. The predicted octanol–water partition coefficient (Wildman–Crippen LogP) is 3.03. The number of hydrogen-bond donors (Lipinski definition) is 2. The third kappa shape index (κ3) is 5.08. The maximum Gasteiger partial charge on any atom is 0.240 e. The van der Waals surface area contributed by atoms with Crippen LogP contribution in [0.2, 0.25) is 0 Å². The van der Waals surface area contributed by atoms with Gasteiger partial charge in [-0.25, -0.2) is 21.9 Å². The minimum atomic E-state index is -4.02. The van der Waals surface area contributed by atoms with E-state index < -0.39 is 26.6 Å².